The van der Waals surface area contributed by atoms with Crippen LogP contribution in [0.4, 0.5) is 5.69 Å². The first-order valence-electron chi connectivity index (χ1n) is 8.17. The van der Waals surface area contributed by atoms with Crippen molar-refractivity contribution >= 4 is 34.4 Å². The number of aliphatic imine (C=N–C) groups is 1. The molecular weight excluding hydrogens is 326 g/mol. The molecule has 1 aliphatic heterocycles. The van der Waals surface area contributed by atoms with Crippen LogP contribution in [0.15, 0.2) is 29.3 Å². The summed E-state index contributed by atoms with van der Waals surface area (Å²) >= 11 is 1.33. The van der Waals surface area contributed by atoms with E-state index >= 15 is 0 Å². The van der Waals surface area contributed by atoms with Gasteiger partial charge in [0.15, 0.2) is 5.17 Å². The highest BCUT2D eigenvalue weighted by atomic mass is 32.2. The molecule has 1 aromatic rings. The summed E-state index contributed by atoms with van der Waals surface area (Å²) in [5, 5.41) is 5.72. The van der Waals surface area contributed by atoms with Crippen molar-refractivity contribution in [1.82, 2.24) is 5.32 Å². The predicted octanol–water partition coefficient (Wildman–Crippen LogP) is 2.80. The zero-order valence-corrected chi connectivity index (χ0v) is 14.8. The number of ether oxygens (including phenoxy) is 1. The van der Waals surface area contributed by atoms with E-state index in [0.29, 0.717) is 24.0 Å². The smallest absolute Gasteiger partial charge is 0.240 e. The Labute approximate surface area is 146 Å². The van der Waals surface area contributed by atoms with Gasteiger partial charge in [-0.2, -0.15) is 0 Å². The molecule has 0 radical (unpaired) electrons. The molecule has 2 rings (SSSR count). The number of amidine groups is 1. The van der Waals surface area contributed by atoms with Gasteiger partial charge in [0, 0.05) is 18.7 Å². The van der Waals surface area contributed by atoms with Gasteiger partial charge in [0.05, 0.1) is 6.61 Å². The summed E-state index contributed by atoms with van der Waals surface area (Å²) in [6.07, 6.45) is 2.17. The van der Waals surface area contributed by atoms with Gasteiger partial charge in [0.2, 0.25) is 11.8 Å². The summed E-state index contributed by atoms with van der Waals surface area (Å²) in [7, 11) is 0. The average Bonchev–Trinajstić information content (AvgIpc) is 2.89. The lowest BCUT2D eigenvalue weighted by Gasteiger charge is -2.08. The summed E-state index contributed by atoms with van der Waals surface area (Å²) < 4.78 is 5.36. The van der Waals surface area contributed by atoms with Crippen molar-refractivity contribution in [3.63, 3.8) is 0 Å². The first kappa shape index (κ1) is 18.3. The van der Waals surface area contributed by atoms with Gasteiger partial charge in [-0.05, 0) is 37.6 Å². The second kappa shape index (κ2) is 9.32. The third kappa shape index (κ3) is 5.56. The van der Waals surface area contributed by atoms with Crippen molar-refractivity contribution in [2.45, 2.75) is 38.4 Å². The number of thioether (sulfide) groups is 1. The SMILES string of the molecule is CCCCN=C1NC(=O)[C@H](CC(=O)Nc2ccc(OCC)cc2)S1. The maximum atomic E-state index is 12.1. The van der Waals surface area contributed by atoms with E-state index in [-0.39, 0.29) is 18.2 Å². The van der Waals surface area contributed by atoms with E-state index in [0.717, 1.165) is 18.6 Å². The number of hydrogen-bond acceptors (Lipinski definition) is 5. The van der Waals surface area contributed by atoms with Crippen LogP contribution in [0.3, 0.4) is 0 Å². The zero-order valence-electron chi connectivity index (χ0n) is 14.0. The van der Waals surface area contributed by atoms with Crippen molar-refractivity contribution in [2.75, 3.05) is 18.5 Å². The Morgan fingerprint density at radius 3 is 2.75 bits per heavy atom. The number of carbonyl (C=O) groups is 2. The van der Waals surface area contributed by atoms with Crippen LogP contribution in [-0.4, -0.2) is 35.4 Å². The normalized spacial score (nSPS) is 18.5. The third-order valence-electron chi connectivity index (χ3n) is 3.36. The molecule has 1 heterocycles. The first-order chi connectivity index (χ1) is 11.6. The molecule has 1 atom stereocenters. The Kier molecular flexibility index (Phi) is 7.11. The zero-order chi connectivity index (χ0) is 17.4. The minimum Gasteiger partial charge on any atom is -0.494 e. The fourth-order valence-electron chi connectivity index (χ4n) is 2.14. The van der Waals surface area contributed by atoms with E-state index in [4.69, 9.17) is 4.74 Å². The fraction of sp³-hybridized carbons (Fsp3) is 0.471. The largest absolute Gasteiger partial charge is 0.494 e. The Bertz CT molecular complexity index is 602. The number of anilines is 1. The molecule has 0 bridgehead atoms. The van der Waals surface area contributed by atoms with Crippen molar-refractivity contribution in [2.24, 2.45) is 4.99 Å². The minimum atomic E-state index is -0.423. The molecule has 24 heavy (non-hydrogen) atoms. The lowest BCUT2D eigenvalue weighted by molar-refractivity contribution is -0.122. The van der Waals surface area contributed by atoms with E-state index in [1.807, 2.05) is 6.92 Å². The second-order valence-electron chi connectivity index (χ2n) is 5.35. The highest BCUT2D eigenvalue weighted by molar-refractivity contribution is 8.15. The van der Waals surface area contributed by atoms with Crippen LogP contribution in [0.2, 0.25) is 0 Å². The number of nitrogens with zero attached hydrogens (tertiary/aromatic N) is 1. The van der Waals surface area contributed by atoms with Crippen molar-refractivity contribution in [1.29, 1.82) is 0 Å². The number of amides is 2. The maximum absolute atomic E-state index is 12.1. The molecule has 1 fully saturated rings. The summed E-state index contributed by atoms with van der Waals surface area (Å²) in [5.74, 6) is 0.410. The number of unbranched alkanes of at least 4 members (excludes halogenated alkanes) is 1. The average molecular weight is 349 g/mol. The quantitative estimate of drug-likeness (QED) is 0.707. The van der Waals surface area contributed by atoms with Crippen molar-refractivity contribution in [3.05, 3.63) is 24.3 Å². The maximum Gasteiger partial charge on any atom is 0.240 e. The highest BCUT2D eigenvalue weighted by Gasteiger charge is 2.31. The van der Waals surface area contributed by atoms with Gasteiger partial charge in [-0.15, -0.1) is 0 Å². The molecule has 1 aliphatic rings. The number of hydrogen-bond donors (Lipinski definition) is 2. The molecule has 130 valence electrons. The summed E-state index contributed by atoms with van der Waals surface area (Å²) in [6.45, 7) is 5.31. The lowest BCUT2D eigenvalue weighted by atomic mass is 10.2. The van der Waals surface area contributed by atoms with Gasteiger partial charge in [0.25, 0.3) is 0 Å². The third-order valence-corrected chi connectivity index (χ3v) is 4.48. The van der Waals surface area contributed by atoms with E-state index in [2.05, 4.69) is 22.5 Å². The predicted molar refractivity (Wildman–Crippen MR) is 97.6 cm³/mol. The number of benzene rings is 1. The van der Waals surface area contributed by atoms with Gasteiger partial charge in [-0.25, -0.2) is 0 Å². The van der Waals surface area contributed by atoms with Crippen molar-refractivity contribution < 1.29 is 14.3 Å². The van der Waals surface area contributed by atoms with Gasteiger partial charge < -0.3 is 15.4 Å². The van der Waals surface area contributed by atoms with E-state index in [9.17, 15) is 9.59 Å². The van der Waals surface area contributed by atoms with Gasteiger partial charge in [0.1, 0.15) is 11.0 Å². The molecule has 1 saturated heterocycles. The van der Waals surface area contributed by atoms with Crippen LogP contribution in [0.25, 0.3) is 0 Å². The molecule has 0 spiro atoms. The molecule has 0 saturated carbocycles. The summed E-state index contributed by atoms with van der Waals surface area (Å²) in [5.41, 5.74) is 0.684. The van der Waals surface area contributed by atoms with Gasteiger partial charge in [-0.3, -0.25) is 14.6 Å². The molecule has 7 heteroatoms. The minimum absolute atomic E-state index is 0.122. The number of rotatable bonds is 8. The summed E-state index contributed by atoms with van der Waals surface area (Å²) in [6, 6.07) is 7.16. The van der Waals surface area contributed by atoms with Crippen molar-refractivity contribution in [3.8, 4) is 5.75 Å². The molecule has 2 N–H and O–H groups in total. The van der Waals surface area contributed by atoms with Gasteiger partial charge >= 0.3 is 0 Å². The van der Waals surface area contributed by atoms with Crippen LogP contribution in [0.5, 0.6) is 5.75 Å². The first-order valence-corrected chi connectivity index (χ1v) is 9.05. The highest BCUT2D eigenvalue weighted by Crippen LogP contribution is 2.23. The second-order valence-corrected chi connectivity index (χ2v) is 6.54. The van der Waals surface area contributed by atoms with Crippen LogP contribution in [0.1, 0.15) is 33.1 Å². The standard InChI is InChI=1S/C17H23N3O3S/c1-3-5-10-18-17-20-16(22)14(24-17)11-15(21)19-12-6-8-13(9-7-12)23-4-2/h6-9,14H,3-5,10-11H2,1-2H3,(H,19,21)(H,18,20,22)/t14-/m0/s1. The van der Waals surface area contributed by atoms with Crippen LogP contribution in [0, 0.1) is 0 Å². The van der Waals surface area contributed by atoms with E-state index < -0.39 is 5.25 Å². The van der Waals surface area contributed by atoms with Crippen LogP contribution in [-0.2, 0) is 9.59 Å². The van der Waals surface area contributed by atoms with Crippen LogP contribution < -0.4 is 15.4 Å². The Morgan fingerprint density at radius 2 is 2.08 bits per heavy atom. The molecule has 6 nitrogen and oxygen atoms in total. The molecular formula is C17H23N3O3S. The Morgan fingerprint density at radius 1 is 1.33 bits per heavy atom. The molecule has 2 amide bonds. The fourth-order valence-corrected chi connectivity index (χ4v) is 3.13. The molecule has 0 aromatic heterocycles. The van der Waals surface area contributed by atoms with E-state index in [1.165, 1.54) is 11.8 Å². The Hall–Kier alpha value is -2.02. The summed E-state index contributed by atoms with van der Waals surface area (Å²) in [4.78, 5) is 28.4. The van der Waals surface area contributed by atoms with Crippen LogP contribution >= 0.6 is 11.8 Å². The molecule has 0 aliphatic carbocycles. The molecule has 0 unspecified atom stereocenters. The Balaban J connectivity index is 1.83. The topological polar surface area (TPSA) is 79.8 Å². The monoisotopic (exact) mass is 349 g/mol. The number of nitrogens with one attached hydrogen (secondary N) is 2. The lowest BCUT2D eigenvalue weighted by Crippen LogP contribution is -2.28. The number of carbonyl (C=O) groups excluding carboxylic acids is 2. The van der Waals surface area contributed by atoms with Gasteiger partial charge in [-0.1, -0.05) is 25.1 Å². The van der Waals surface area contributed by atoms with E-state index in [1.54, 1.807) is 24.3 Å². The molecule has 1 aromatic carbocycles.